The van der Waals surface area contributed by atoms with Crippen LogP contribution < -0.4 is 29.6 Å². The number of hydrogen-bond acceptors (Lipinski definition) is 0. The Bertz CT molecular complexity index is 144. The first-order valence-corrected chi connectivity index (χ1v) is 2.41. The van der Waals surface area contributed by atoms with Crippen LogP contribution in [0.3, 0.4) is 0 Å². The van der Waals surface area contributed by atoms with Gasteiger partial charge in [0.2, 0.25) is 0 Å². The van der Waals surface area contributed by atoms with Gasteiger partial charge in [0.25, 0.3) is 0 Å². The van der Waals surface area contributed by atoms with E-state index in [1.807, 2.05) is 18.2 Å². The van der Waals surface area contributed by atoms with E-state index < -0.39 is 0 Å². The zero-order chi connectivity index (χ0) is 5.11. The maximum atomic E-state index is 2.08. The molecule has 1 aromatic rings. The van der Waals surface area contributed by atoms with Crippen LogP contribution in [-0.2, 0) is 0 Å². The van der Waals surface area contributed by atoms with E-state index in [2.05, 4.69) is 19.1 Å². The molecular formula is C7H12AlNa. The van der Waals surface area contributed by atoms with Gasteiger partial charge in [0.05, 0.1) is 0 Å². The quantitative estimate of drug-likeness (QED) is 0.369. The molecule has 0 nitrogen and oxygen atoms in total. The molecule has 0 heterocycles. The van der Waals surface area contributed by atoms with E-state index in [9.17, 15) is 0 Å². The summed E-state index contributed by atoms with van der Waals surface area (Å²) in [4.78, 5) is 0. The van der Waals surface area contributed by atoms with Crippen LogP contribution in [0.5, 0.6) is 0 Å². The molecule has 1 aromatic carbocycles. The predicted molar refractivity (Wildman–Crippen MR) is 42.2 cm³/mol. The van der Waals surface area contributed by atoms with Crippen LogP contribution in [0.15, 0.2) is 30.3 Å². The topological polar surface area (TPSA) is 0 Å². The summed E-state index contributed by atoms with van der Waals surface area (Å²) in [6, 6.07) is 10.3. The summed E-state index contributed by atoms with van der Waals surface area (Å²) < 4.78 is 0. The van der Waals surface area contributed by atoms with E-state index in [0.717, 1.165) is 0 Å². The Morgan fingerprint density at radius 1 is 1.11 bits per heavy atom. The minimum Gasteiger partial charge on any atom is -1.00 e. The minimum atomic E-state index is 0. The van der Waals surface area contributed by atoms with Crippen LogP contribution in [0.4, 0.5) is 0 Å². The summed E-state index contributed by atoms with van der Waals surface area (Å²) in [5.41, 5.74) is 1.32. The normalized spacial score (nSPS) is 6.78. The molecule has 0 spiro atoms. The van der Waals surface area contributed by atoms with Crippen molar-refractivity contribution in [2.75, 3.05) is 0 Å². The maximum Gasteiger partial charge on any atom is 1.00 e. The van der Waals surface area contributed by atoms with Crippen LogP contribution in [0.1, 0.15) is 6.99 Å². The van der Waals surface area contributed by atoms with E-state index in [1.54, 1.807) is 0 Å². The van der Waals surface area contributed by atoms with E-state index in [1.165, 1.54) is 5.56 Å². The molecule has 0 N–H and O–H groups in total. The van der Waals surface area contributed by atoms with Gasteiger partial charge in [-0.25, -0.2) is 0 Å². The Morgan fingerprint density at radius 2 is 1.56 bits per heavy atom. The predicted octanol–water partition coefficient (Wildman–Crippen LogP) is -2.07. The van der Waals surface area contributed by atoms with Crippen molar-refractivity contribution < 1.29 is 31.0 Å². The average Bonchev–Trinajstić information content (AvgIpc) is 1.69. The smallest absolute Gasteiger partial charge is 1.00 e. The Morgan fingerprint density at radius 3 is 1.78 bits per heavy atom. The van der Waals surface area contributed by atoms with Crippen molar-refractivity contribution in [3.05, 3.63) is 35.9 Å². The Kier molecular flexibility index (Phi) is 9.48. The third-order valence-corrected chi connectivity index (χ3v) is 0.940. The molecule has 2 heteroatoms. The number of rotatable bonds is 0. The van der Waals surface area contributed by atoms with Gasteiger partial charge in [-0.2, -0.15) is 0 Å². The van der Waals surface area contributed by atoms with E-state index in [4.69, 9.17) is 0 Å². The number of aryl methyl sites for hydroxylation is 1. The van der Waals surface area contributed by atoms with Gasteiger partial charge in [-0.15, -0.1) is 0 Å². The second-order valence-electron chi connectivity index (χ2n) is 1.65. The second-order valence-corrected chi connectivity index (χ2v) is 1.65. The number of hydrogen-bond donors (Lipinski definition) is 0. The zero-order valence-corrected chi connectivity index (χ0v) is 7.39. The van der Waals surface area contributed by atoms with Gasteiger partial charge in [-0.1, -0.05) is 35.9 Å². The van der Waals surface area contributed by atoms with Crippen molar-refractivity contribution >= 4 is 17.4 Å². The van der Waals surface area contributed by atoms with Gasteiger partial charge >= 0.3 is 29.6 Å². The summed E-state index contributed by atoms with van der Waals surface area (Å²) >= 11 is 0. The molecule has 0 saturated carbocycles. The average molecular weight is 146 g/mol. The zero-order valence-electron chi connectivity index (χ0n) is 6.39. The third kappa shape index (κ3) is 5.21. The van der Waals surface area contributed by atoms with Gasteiger partial charge in [-0.05, 0) is 6.92 Å². The fourth-order valence-electron chi connectivity index (χ4n) is 0.534. The SMILES string of the molecule is Cc1ccccc1.[AlH3].[H-].[Na+]. The van der Waals surface area contributed by atoms with E-state index >= 15 is 0 Å². The van der Waals surface area contributed by atoms with Crippen molar-refractivity contribution in [2.45, 2.75) is 6.92 Å². The largest absolute Gasteiger partial charge is 1.00 e. The summed E-state index contributed by atoms with van der Waals surface area (Å²) in [5.74, 6) is 0. The molecule has 0 fully saturated rings. The second kappa shape index (κ2) is 6.87. The molecule has 9 heavy (non-hydrogen) atoms. The standard InChI is InChI=1S/C7H8.Al.Na.4H/c1-7-5-3-2-4-6-7;;;;;;/h2-6H,1H3;;;;;;/q;;+1;;;;-1. The molecular weight excluding hydrogens is 134 g/mol. The molecule has 0 unspecified atom stereocenters. The van der Waals surface area contributed by atoms with E-state index in [-0.39, 0.29) is 48.3 Å². The van der Waals surface area contributed by atoms with E-state index in [0.29, 0.717) is 0 Å². The first-order valence-electron chi connectivity index (χ1n) is 2.41. The summed E-state index contributed by atoms with van der Waals surface area (Å²) in [6.45, 7) is 2.08. The molecule has 0 aliphatic rings. The molecule has 44 valence electrons. The van der Waals surface area contributed by atoms with Gasteiger partial charge < -0.3 is 1.43 Å². The van der Waals surface area contributed by atoms with Gasteiger partial charge in [0.15, 0.2) is 17.4 Å². The monoisotopic (exact) mass is 146 g/mol. The summed E-state index contributed by atoms with van der Waals surface area (Å²) in [6.07, 6.45) is 0. The fraction of sp³-hybridized carbons (Fsp3) is 0.143. The van der Waals surface area contributed by atoms with Crippen molar-refractivity contribution in [3.63, 3.8) is 0 Å². The molecule has 0 atom stereocenters. The summed E-state index contributed by atoms with van der Waals surface area (Å²) in [7, 11) is 0. The van der Waals surface area contributed by atoms with Crippen LogP contribution in [-0.4, -0.2) is 17.4 Å². The Balaban J connectivity index is -0.000000163. The van der Waals surface area contributed by atoms with Crippen molar-refractivity contribution in [2.24, 2.45) is 0 Å². The molecule has 0 bridgehead atoms. The molecule has 1 rings (SSSR count). The fourth-order valence-corrected chi connectivity index (χ4v) is 0.534. The Labute approximate surface area is 90.6 Å². The molecule has 0 aliphatic heterocycles. The van der Waals surface area contributed by atoms with Gasteiger partial charge in [0.1, 0.15) is 0 Å². The van der Waals surface area contributed by atoms with Crippen LogP contribution in [0.2, 0.25) is 0 Å². The van der Waals surface area contributed by atoms with Gasteiger partial charge in [-0.3, -0.25) is 0 Å². The molecule has 0 aromatic heterocycles. The maximum absolute atomic E-state index is 2.08. The molecule has 0 aliphatic carbocycles. The van der Waals surface area contributed by atoms with Gasteiger partial charge in [0, 0.05) is 0 Å². The number of benzene rings is 1. The van der Waals surface area contributed by atoms with Crippen LogP contribution in [0.25, 0.3) is 0 Å². The summed E-state index contributed by atoms with van der Waals surface area (Å²) in [5, 5.41) is 0. The molecule has 0 saturated heterocycles. The van der Waals surface area contributed by atoms with Crippen molar-refractivity contribution in [1.82, 2.24) is 0 Å². The molecule has 0 radical (unpaired) electrons. The van der Waals surface area contributed by atoms with Crippen LogP contribution >= 0.6 is 0 Å². The van der Waals surface area contributed by atoms with Crippen molar-refractivity contribution in [3.8, 4) is 0 Å². The minimum absolute atomic E-state index is 0. The van der Waals surface area contributed by atoms with Crippen LogP contribution in [0, 0.1) is 6.92 Å². The Hall–Kier alpha value is 0.752. The van der Waals surface area contributed by atoms with Crippen molar-refractivity contribution in [1.29, 1.82) is 0 Å². The third-order valence-electron chi connectivity index (χ3n) is 0.940. The molecule has 0 amide bonds. The first kappa shape index (κ1) is 12.4. The first-order chi connectivity index (χ1) is 3.39.